The minimum Gasteiger partial charge on any atom is -0.495 e. The molecule has 1 saturated heterocycles. The van der Waals surface area contributed by atoms with Crippen LogP contribution in [0.4, 0.5) is 27.5 Å². The van der Waals surface area contributed by atoms with Crippen LogP contribution in [0.15, 0.2) is 66.7 Å². The van der Waals surface area contributed by atoms with Gasteiger partial charge in [-0.2, -0.15) is 0 Å². The topological polar surface area (TPSA) is 121 Å². The number of hydrogen-bond donors (Lipinski definition) is 3. The molecule has 0 atom stereocenters. The summed E-state index contributed by atoms with van der Waals surface area (Å²) in [5, 5.41) is 8.56. The molecule has 11 heteroatoms. The zero-order chi connectivity index (χ0) is 31.3. The molecule has 0 aliphatic carbocycles. The predicted molar refractivity (Wildman–Crippen MR) is 172 cm³/mol. The molecule has 0 unspecified atom stereocenters. The second-order valence-corrected chi connectivity index (χ2v) is 10.1. The number of para-hydroxylation sites is 2. The Morgan fingerprint density at radius 1 is 0.795 bits per heavy atom. The van der Waals surface area contributed by atoms with Gasteiger partial charge in [0.1, 0.15) is 5.75 Å². The van der Waals surface area contributed by atoms with Gasteiger partial charge in [-0.05, 0) is 74.9 Å². The molecule has 1 aliphatic rings. The van der Waals surface area contributed by atoms with E-state index in [9.17, 15) is 14.4 Å². The number of nitrogens with zero attached hydrogens (tertiary/aromatic N) is 2. The summed E-state index contributed by atoms with van der Waals surface area (Å²) in [7, 11) is 1.67. The molecule has 3 aromatic carbocycles. The summed E-state index contributed by atoms with van der Waals surface area (Å²) >= 11 is 0. The number of urea groups is 1. The minimum absolute atomic E-state index is 0.220. The zero-order valence-corrected chi connectivity index (χ0v) is 25.6. The summed E-state index contributed by atoms with van der Waals surface area (Å²) in [5.41, 5.74) is 3.70. The number of nitrogens with one attached hydrogen (secondary N) is 3. The van der Waals surface area contributed by atoms with Gasteiger partial charge in [0.05, 0.1) is 30.5 Å². The van der Waals surface area contributed by atoms with Crippen LogP contribution in [0, 0.1) is 0 Å². The molecule has 1 aliphatic heterocycles. The van der Waals surface area contributed by atoms with Crippen LogP contribution >= 0.6 is 0 Å². The Balaban J connectivity index is 1.46. The summed E-state index contributed by atoms with van der Waals surface area (Å²) in [6, 6.07) is 19.3. The van der Waals surface area contributed by atoms with E-state index < -0.39 is 12.0 Å². The molecule has 44 heavy (non-hydrogen) atoms. The SMILES string of the molecule is CCOCCCNC(=O)c1cc(NC(=O)Nc2ccc(C(=O)OCC)cc2)ccc1N1CCN(c2ccccc2OC)CC1. The Kier molecular flexibility index (Phi) is 11.8. The average molecular weight is 604 g/mol. The Morgan fingerprint density at radius 3 is 2.14 bits per heavy atom. The van der Waals surface area contributed by atoms with Crippen LogP contribution in [0.5, 0.6) is 5.75 Å². The van der Waals surface area contributed by atoms with Crippen LogP contribution in [0.25, 0.3) is 0 Å². The molecule has 0 saturated carbocycles. The molecule has 3 N–H and O–H groups in total. The third-order valence-electron chi connectivity index (χ3n) is 7.15. The van der Waals surface area contributed by atoms with Crippen molar-refractivity contribution in [3.05, 3.63) is 77.9 Å². The van der Waals surface area contributed by atoms with Gasteiger partial charge < -0.3 is 40.0 Å². The van der Waals surface area contributed by atoms with Gasteiger partial charge in [0.2, 0.25) is 0 Å². The van der Waals surface area contributed by atoms with Crippen molar-refractivity contribution in [3.8, 4) is 5.75 Å². The van der Waals surface area contributed by atoms with Gasteiger partial charge in [-0.3, -0.25) is 4.79 Å². The largest absolute Gasteiger partial charge is 0.495 e. The highest BCUT2D eigenvalue weighted by atomic mass is 16.5. The highest BCUT2D eigenvalue weighted by molar-refractivity contribution is 6.04. The standard InChI is InChI=1S/C33H41N5O6/c1-4-43-22-8-17-34-31(39)27-23-26(36-33(41)35-25-13-11-24(12-14-25)32(40)44-5-2)15-16-28(27)37-18-20-38(21-19-37)29-9-6-7-10-30(29)42-3/h6-7,9-16,23H,4-5,8,17-22H2,1-3H3,(H,34,39)(H2,35,36,41). The third kappa shape index (κ3) is 8.63. The van der Waals surface area contributed by atoms with Gasteiger partial charge >= 0.3 is 12.0 Å². The molecule has 0 bridgehead atoms. The molecular weight excluding hydrogens is 562 g/mol. The summed E-state index contributed by atoms with van der Waals surface area (Å²) in [6.07, 6.45) is 0.696. The lowest BCUT2D eigenvalue weighted by molar-refractivity contribution is 0.0526. The number of amides is 3. The molecule has 3 amide bonds. The van der Waals surface area contributed by atoms with Crippen LogP contribution in [-0.4, -0.2) is 77.6 Å². The number of rotatable bonds is 13. The number of carbonyl (C=O) groups is 3. The fourth-order valence-electron chi connectivity index (χ4n) is 4.96. The first kappa shape index (κ1) is 32.2. The lowest BCUT2D eigenvalue weighted by atomic mass is 10.1. The normalized spacial score (nSPS) is 12.8. The highest BCUT2D eigenvalue weighted by Crippen LogP contribution is 2.31. The van der Waals surface area contributed by atoms with Crippen molar-refractivity contribution in [1.82, 2.24) is 5.32 Å². The number of methoxy groups -OCH3 is 1. The maximum Gasteiger partial charge on any atom is 0.338 e. The molecule has 1 fully saturated rings. The van der Waals surface area contributed by atoms with E-state index in [1.165, 1.54) is 0 Å². The van der Waals surface area contributed by atoms with E-state index in [0.717, 1.165) is 30.2 Å². The van der Waals surface area contributed by atoms with Crippen LogP contribution in [0.3, 0.4) is 0 Å². The number of ether oxygens (including phenoxy) is 3. The lowest BCUT2D eigenvalue weighted by Crippen LogP contribution is -2.47. The minimum atomic E-state index is -0.477. The summed E-state index contributed by atoms with van der Waals surface area (Å²) in [4.78, 5) is 42.6. The van der Waals surface area contributed by atoms with Crippen LogP contribution < -0.4 is 30.5 Å². The molecule has 234 valence electrons. The number of benzene rings is 3. The predicted octanol–water partition coefficient (Wildman–Crippen LogP) is 5.00. The number of piperazine rings is 1. The highest BCUT2D eigenvalue weighted by Gasteiger charge is 2.24. The summed E-state index contributed by atoms with van der Waals surface area (Å²) < 4.78 is 15.9. The van der Waals surface area contributed by atoms with Crippen molar-refractivity contribution in [2.24, 2.45) is 0 Å². The average Bonchev–Trinajstić information content (AvgIpc) is 3.05. The van der Waals surface area contributed by atoms with E-state index in [-0.39, 0.29) is 12.5 Å². The van der Waals surface area contributed by atoms with Crippen molar-refractivity contribution in [1.29, 1.82) is 0 Å². The summed E-state index contributed by atoms with van der Waals surface area (Å²) in [5.74, 6) is 0.187. The smallest absolute Gasteiger partial charge is 0.338 e. The van der Waals surface area contributed by atoms with Crippen LogP contribution in [0.1, 0.15) is 41.0 Å². The Labute approximate surface area is 258 Å². The van der Waals surface area contributed by atoms with Crippen molar-refractivity contribution in [3.63, 3.8) is 0 Å². The van der Waals surface area contributed by atoms with Gasteiger partial charge in [0, 0.05) is 63.0 Å². The molecule has 11 nitrogen and oxygen atoms in total. The van der Waals surface area contributed by atoms with E-state index in [4.69, 9.17) is 14.2 Å². The van der Waals surface area contributed by atoms with Crippen molar-refractivity contribution in [2.45, 2.75) is 20.3 Å². The van der Waals surface area contributed by atoms with E-state index >= 15 is 0 Å². The number of esters is 1. The molecule has 0 radical (unpaired) electrons. The number of hydrogen-bond acceptors (Lipinski definition) is 8. The molecule has 4 rings (SSSR count). The number of carbonyl (C=O) groups excluding carboxylic acids is 3. The third-order valence-corrected chi connectivity index (χ3v) is 7.15. The maximum absolute atomic E-state index is 13.4. The Bertz CT molecular complexity index is 1410. The van der Waals surface area contributed by atoms with Gasteiger partial charge in [-0.1, -0.05) is 12.1 Å². The van der Waals surface area contributed by atoms with Gasteiger partial charge in [0.15, 0.2) is 0 Å². The first-order chi connectivity index (χ1) is 21.4. The maximum atomic E-state index is 13.4. The lowest BCUT2D eigenvalue weighted by Gasteiger charge is -2.38. The van der Waals surface area contributed by atoms with Crippen molar-refractivity contribution >= 4 is 40.7 Å². The first-order valence-corrected chi connectivity index (χ1v) is 14.9. The Morgan fingerprint density at radius 2 is 1.45 bits per heavy atom. The fourth-order valence-corrected chi connectivity index (χ4v) is 4.96. The molecule has 0 aromatic heterocycles. The molecule has 0 spiro atoms. The Hall–Kier alpha value is -4.77. The monoisotopic (exact) mass is 603 g/mol. The van der Waals surface area contributed by atoms with Gasteiger partial charge in [0.25, 0.3) is 5.91 Å². The van der Waals surface area contributed by atoms with Crippen LogP contribution in [0.2, 0.25) is 0 Å². The van der Waals surface area contributed by atoms with Crippen molar-refractivity contribution < 1.29 is 28.6 Å². The van der Waals surface area contributed by atoms with Crippen molar-refractivity contribution in [2.75, 3.05) is 80.1 Å². The zero-order valence-electron chi connectivity index (χ0n) is 25.6. The van der Waals surface area contributed by atoms with Gasteiger partial charge in [-0.25, -0.2) is 9.59 Å². The van der Waals surface area contributed by atoms with Crippen LogP contribution in [-0.2, 0) is 9.47 Å². The number of anilines is 4. The summed E-state index contributed by atoms with van der Waals surface area (Å²) in [6.45, 7) is 8.56. The first-order valence-electron chi connectivity index (χ1n) is 14.9. The van der Waals surface area contributed by atoms with E-state index in [1.807, 2.05) is 31.2 Å². The van der Waals surface area contributed by atoms with E-state index in [1.54, 1.807) is 50.4 Å². The molecular formula is C33H41N5O6. The second kappa shape index (κ2) is 16.2. The van der Waals surface area contributed by atoms with E-state index in [0.29, 0.717) is 61.8 Å². The molecule has 1 heterocycles. The van der Waals surface area contributed by atoms with E-state index in [2.05, 4.69) is 31.8 Å². The molecule has 3 aromatic rings. The van der Waals surface area contributed by atoms with Gasteiger partial charge in [-0.15, -0.1) is 0 Å². The quantitative estimate of drug-likeness (QED) is 0.184. The second-order valence-electron chi connectivity index (χ2n) is 10.1. The fraction of sp³-hybridized carbons (Fsp3) is 0.364.